The molecule has 5 heteroatoms. The van der Waals surface area contributed by atoms with Crippen LogP contribution in [-0.4, -0.2) is 34.0 Å². The van der Waals surface area contributed by atoms with Gasteiger partial charge in [-0.2, -0.15) is 0 Å². The summed E-state index contributed by atoms with van der Waals surface area (Å²) in [6.45, 7) is 0.914. The molecule has 2 rings (SSSR count). The number of benzene rings is 2. The molecule has 0 radical (unpaired) electrons. The number of fused-ring (bicyclic) bond motifs is 1. The molecule has 0 unspecified atom stereocenters. The van der Waals surface area contributed by atoms with Crippen molar-refractivity contribution in [2.75, 3.05) is 20.6 Å². The molecular formula is C15H20N2O2S. The van der Waals surface area contributed by atoms with E-state index in [4.69, 9.17) is 5.14 Å². The third-order valence-corrected chi connectivity index (χ3v) is 4.35. The summed E-state index contributed by atoms with van der Waals surface area (Å²) in [6, 6.07) is 11.3. The van der Waals surface area contributed by atoms with E-state index in [1.165, 1.54) is 0 Å². The fourth-order valence-electron chi connectivity index (χ4n) is 2.41. The minimum atomic E-state index is -3.72. The van der Waals surface area contributed by atoms with Crippen molar-refractivity contribution in [3.63, 3.8) is 0 Å². The Morgan fingerprint density at radius 2 is 1.80 bits per heavy atom. The molecule has 4 nitrogen and oxygen atoms in total. The summed E-state index contributed by atoms with van der Waals surface area (Å²) < 4.78 is 23.9. The summed E-state index contributed by atoms with van der Waals surface area (Å²) in [5.41, 5.74) is 0.799. The van der Waals surface area contributed by atoms with Gasteiger partial charge in [-0.05, 0) is 44.4 Å². The van der Waals surface area contributed by atoms with Gasteiger partial charge in [-0.3, -0.25) is 0 Å². The molecule has 0 fully saturated rings. The first-order valence-electron chi connectivity index (χ1n) is 6.58. The summed E-state index contributed by atoms with van der Waals surface area (Å²) in [7, 11) is 0.278. The maximum absolute atomic E-state index is 11.9. The Hall–Kier alpha value is -1.43. The van der Waals surface area contributed by atoms with Gasteiger partial charge in [-0.1, -0.05) is 36.4 Å². The van der Waals surface area contributed by atoms with Gasteiger partial charge < -0.3 is 4.90 Å². The topological polar surface area (TPSA) is 63.4 Å². The first kappa shape index (κ1) is 15.0. The molecular weight excluding hydrogens is 272 g/mol. The monoisotopic (exact) mass is 292 g/mol. The number of nitrogens with two attached hydrogens (primary N) is 1. The normalized spacial score (nSPS) is 12.2. The lowest BCUT2D eigenvalue weighted by Gasteiger charge is -2.13. The van der Waals surface area contributed by atoms with Crippen LogP contribution in [0.25, 0.3) is 10.8 Å². The van der Waals surface area contributed by atoms with Crippen molar-refractivity contribution in [1.29, 1.82) is 0 Å². The molecule has 0 atom stereocenters. The molecule has 2 N–H and O–H groups in total. The highest BCUT2D eigenvalue weighted by Crippen LogP contribution is 2.26. The largest absolute Gasteiger partial charge is 0.309 e. The lowest BCUT2D eigenvalue weighted by molar-refractivity contribution is 0.400. The predicted molar refractivity (Wildman–Crippen MR) is 82.2 cm³/mol. The third-order valence-electron chi connectivity index (χ3n) is 3.30. The first-order chi connectivity index (χ1) is 9.39. The minimum Gasteiger partial charge on any atom is -0.309 e. The molecule has 2 aromatic rings. The van der Waals surface area contributed by atoms with Gasteiger partial charge in [0.25, 0.3) is 0 Å². The number of hydrogen-bond donors (Lipinski definition) is 1. The number of rotatable bonds is 5. The van der Waals surface area contributed by atoms with Gasteiger partial charge in [-0.25, -0.2) is 13.6 Å². The minimum absolute atomic E-state index is 0.273. The van der Waals surface area contributed by atoms with E-state index >= 15 is 0 Å². The molecule has 0 bridgehead atoms. The van der Waals surface area contributed by atoms with Gasteiger partial charge in [0.1, 0.15) is 0 Å². The molecule has 0 amide bonds. The Morgan fingerprint density at radius 3 is 2.45 bits per heavy atom. The van der Waals surface area contributed by atoms with E-state index in [9.17, 15) is 8.42 Å². The van der Waals surface area contributed by atoms with E-state index in [2.05, 4.69) is 4.90 Å². The van der Waals surface area contributed by atoms with Crippen LogP contribution in [0.15, 0.2) is 41.3 Å². The van der Waals surface area contributed by atoms with Gasteiger partial charge in [0, 0.05) is 5.39 Å². The van der Waals surface area contributed by atoms with Crippen LogP contribution in [0.2, 0.25) is 0 Å². The number of aryl methyl sites for hydroxylation is 1. The molecule has 2 aromatic carbocycles. The molecule has 0 saturated heterocycles. The Bertz CT molecular complexity index is 709. The van der Waals surface area contributed by atoms with Crippen LogP contribution in [-0.2, 0) is 16.4 Å². The molecule has 0 aromatic heterocycles. The van der Waals surface area contributed by atoms with Crippen molar-refractivity contribution in [3.8, 4) is 0 Å². The second-order valence-corrected chi connectivity index (χ2v) is 6.73. The van der Waals surface area contributed by atoms with Gasteiger partial charge >= 0.3 is 0 Å². The van der Waals surface area contributed by atoms with E-state index < -0.39 is 10.0 Å². The lowest BCUT2D eigenvalue weighted by atomic mass is 10.0. The quantitative estimate of drug-likeness (QED) is 0.916. The SMILES string of the molecule is CN(C)CCCc1ccc2ccccc2c1S(N)(=O)=O. The number of hydrogen-bond acceptors (Lipinski definition) is 3. The van der Waals surface area contributed by atoms with Crippen LogP contribution in [0.1, 0.15) is 12.0 Å². The smallest absolute Gasteiger partial charge is 0.238 e. The van der Waals surface area contributed by atoms with Crippen molar-refractivity contribution < 1.29 is 8.42 Å². The van der Waals surface area contributed by atoms with E-state index in [0.717, 1.165) is 23.9 Å². The summed E-state index contributed by atoms with van der Waals surface area (Å²) >= 11 is 0. The summed E-state index contributed by atoms with van der Waals surface area (Å²) in [5, 5.41) is 7.02. The average Bonchev–Trinajstić information content (AvgIpc) is 2.36. The second kappa shape index (κ2) is 5.91. The fraction of sp³-hybridized carbons (Fsp3) is 0.333. The van der Waals surface area contributed by atoms with Gasteiger partial charge in [-0.15, -0.1) is 0 Å². The van der Waals surface area contributed by atoms with Crippen LogP contribution in [0.3, 0.4) is 0 Å². The molecule has 108 valence electrons. The first-order valence-corrected chi connectivity index (χ1v) is 8.12. The van der Waals surface area contributed by atoms with Crippen molar-refractivity contribution in [2.24, 2.45) is 5.14 Å². The molecule has 0 aliphatic heterocycles. The molecule has 0 aliphatic carbocycles. The van der Waals surface area contributed by atoms with E-state index in [1.54, 1.807) is 0 Å². The van der Waals surface area contributed by atoms with Crippen LogP contribution in [0.4, 0.5) is 0 Å². The van der Waals surface area contributed by atoms with Crippen LogP contribution in [0.5, 0.6) is 0 Å². The number of nitrogens with zero attached hydrogens (tertiary/aromatic N) is 1. The lowest BCUT2D eigenvalue weighted by Crippen LogP contribution is -2.17. The van der Waals surface area contributed by atoms with Crippen molar-refractivity contribution in [2.45, 2.75) is 17.7 Å². The van der Waals surface area contributed by atoms with Gasteiger partial charge in [0.2, 0.25) is 10.0 Å². The molecule has 20 heavy (non-hydrogen) atoms. The maximum atomic E-state index is 11.9. The van der Waals surface area contributed by atoms with E-state index in [1.807, 2.05) is 50.5 Å². The van der Waals surface area contributed by atoms with E-state index in [0.29, 0.717) is 11.8 Å². The standard InChI is InChI=1S/C15H20N2O2S/c1-17(2)11-5-7-13-10-9-12-6-3-4-8-14(12)15(13)20(16,18)19/h3-4,6,8-10H,5,7,11H2,1-2H3,(H2,16,18,19). The van der Waals surface area contributed by atoms with Gasteiger partial charge in [0.05, 0.1) is 4.90 Å². The van der Waals surface area contributed by atoms with Crippen molar-refractivity contribution in [3.05, 3.63) is 42.0 Å². The predicted octanol–water partition coefficient (Wildman–Crippen LogP) is 1.98. The van der Waals surface area contributed by atoms with E-state index in [-0.39, 0.29) is 4.90 Å². The van der Waals surface area contributed by atoms with Crippen LogP contribution in [0, 0.1) is 0 Å². The Labute approximate surface area is 120 Å². The highest BCUT2D eigenvalue weighted by atomic mass is 32.2. The zero-order chi connectivity index (χ0) is 14.8. The van der Waals surface area contributed by atoms with Gasteiger partial charge in [0.15, 0.2) is 0 Å². The second-order valence-electron chi connectivity index (χ2n) is 5.23. The van der Waals surface area contributed by atoms with Crippen molar-refractivity contribution in [1.82, 2.24) is 4.90 Å². The molecule has 0 saturated carbocycles. The van der Waals surface area contributed by atoms with Crippen LogP contribution < -0.4 is 5.14 Å². The zero-order valence-corrected chi connectivity index (χ0v) is 12.7. The molecule has 0 spiro atoms. The summed E-state index contributed by atoms with van der Waals surface area (Å²) in [4.78, 5) is 2.35. The fourth-order valence-corrected chi connectivity index (χ4v) is 3.43. The highest BCUT2D eigenvalue weighted by molar-refractivity contribution is 7.89. The Morgan fingerprint density at radius 1 is 1.10 bits per heavy atom. The highest BCUT2D eigenvalue weighted by Gasteiger charge is 2.17. The Kier molecular flexibility index (Phi) is 4.42. The third kappa shape index (κ3) is 3.36. The average molecular weight is 292 g/mol. The maximum Gasteiger partial charge on any atom is 0.238 e. The number of primary sulfonamides is 1. The summed E-state index contributed by atoms with van der Waals surface area (Å²) in [6.07, 6.45) is 1.60. The van der Waals surface area contributed by atoms with Crippen LogP contribution >= 0.6 is 0 Å². The molecule has 0 aliphatic rings. The Balaban J connectivity index is 2.49. The summed E-state index contributed by atoms with van der Waals surface area (Å²) in [5.74, 6) is 0. The zero-order valence-electron chi connectivity index (χ0n) is 11.8. The van der Waals surface area contributed by atoms with Crippen molar-refractivity contribution >= 4 is 20.8 Å². The number of sulfonamides is 1. The molecule has 0 heterocycles.